The first-order chi connectivity index (χ1) is 11.9. The van der Waals surface area contributed by atoms with Gasteiger partial charge in [-0.3, -0.25) is 4.40 Å². The molecule has 0 saturated carbocycles. The first kappa shape index (κ1) is 13.7. The van der Waals surface area contributed by atoms with Crippen LogP contribution in [0.25, 0.3) is 5.65 Å². The number of rotatable bonds is 2. The van der Waals surface area contributed by atoms with Crippen LogP contribution >= 0.6 is 0 Å². The second-order valence-corrected chi connectivity index (χ2v) is 6.39. The molecule has 7 nitrogen and oxygen atoms in total. The molecule has 24 heavy (non-hydrogen) atoms. The molecule has 0 atom stereocenters. The number of aryl methyl sites for hydroxylation is 1. The van der Waals surface area contributed by atoms with Crippen LogP contribution in [0.2, 0.25) is 0 Å². The van der Waals surface area contributed by atoms with Crippen molar-refractivity contribution in [1.29, 1.82) is 0 Å². The molecule has 0 spiro atoms. The Morgan fingerprint density at radius 1 is 0.917 bits per heavy atom. The van der Waals surface area contributed by atoms with Gasteiger partial charge >= 0.3 is 0 Å². The lowest BCUT2D eigenvalue weighted by Gasteiger charge is -2.37. The van der Waals surface area contributed by atoms with Crippen molar-refractivity contribution in [3.05, 3.63) is 42.1 Å². The van der Waals surface area contributed by atoms with E-state index in [2.05, 4.69) is 40.4 Å². The van der Waals surface area contributed by atoms with Crippen LogP contribution in [0, 0.1) is 0 Å². The average Bonchev–Trinajstić information content (AvgIpc) is 3.30. The van der Waals surface area contributed by atoms with Crippen LogP contribution in [0.15, 0.2) is 30.9 Å². The summed E-state index contributed by atoms with van der Waals surface area (Å²) in [5.74, 6) is 2.31. The molecule has 1 aliphatic carbocycles. The summed E-state index contributed by atoms with van der Waals surface area (Å²) in [5, 5.41) is 8.15. The highest BCUT2D eigenvalue weighted by Crippen LogP contribution is 2.29. The van der Waals surface area contributed by atoms with E-state index in [0.29, 0.717) is 0 Å². The predicted octanol–water partition coefficient (Wildman–Crippen LogP) is 1.33. The predicted molar refractivity (Wildman–Crippen MR) is 91.5 cm³/mol. The van der Waals surface area contributed by atoms with E-state index in [9.17, 15) is 0 Å². The summed E-state index contributed by atoms with van der Waals surface area (Å²) in [7, 11) is 0. The molecule has 0 unspecified atom stereocenters. The molecule has 1 fully saturated rings. The Kier molecular flexibility index (Phi) is 3.11. The number of hydrogen-bond donors (Lipinski definition) is 0. The maximum absolute atomic E-state index is 4.58. The van der Waals surface area contributed by atoms with Gasteiger partial charge in [0.25, 0.3) is 0 Å². The molecule has 1 aliphatic heterocycles. The van der Waals surface area contributed by atoms with E-state index < -0.39 is 0 Å². The van der Waals surface area contributed by atoms with Gasteiger partial charge in [-0.1, -0.05) is 6.07 Å². The van der Waals surface area contributed by atoms with Crippen LogP contribution in [0.4, 0.5) is 11.6 Å². The molecule has 1 saturated heterocycles. The second kappa shape index (κ2) is 5.43. The van der Waals surface area contributed by atoms with Gasteiger partial charge < -0.3 is 9.80 Å². The van der Waals surface area contributed by atoms with Crippen molar-refractivity contribution in [2.24, 2.45) is 0 Å². The highest BCUT2D eigenvalue weighted by molar-refractivity contribution is 5.54. The fourth-order valence-corrected chi connectivity index (χ4v) is 3.85. The minimum atomic E-state index is 0.892. The van der Waals surface area contributed by atoms with Gasteiger partial charge in [0.1, 0.15) is 24.3 Å². The highest BCUT2D eigenvalue weighted by atomic mass is 15.3. The van der Waals surface area contributed by atoms with Gasteiger partial charge in [-0.25, -0.2) is 9.97 Å². The first-order valence-electron chi connectivity index (χ1n) is 8.51. The molecular formula is C17H19N7. The van der Waals surface area contributed by atoms with E-state index in [1.807, 2.05) is 12.1 Å². The summed E-state index contributed by atoms with van der Waals surface area (Å²) < 4.78 is 2.05. The fourth-order valence-electron chi connectivity index (χ4n) is 3.85. The van der Waals surface area contributed by atoms with Crippen molar-refractivity contribution in [3.63, 3.8) is 0 Å². The van der Waals surface area contributed by atoms with Gasteiger partial charge in [-0.15, -0.1) is 10.2 Å². The third-order valence-electron chi connectivity index (χ3n) is 5.07. The van der Waals surface area contributed by atoms with Gasteiger partial charge in [-0.2, -0.15) is 0 Å². The topological polar surface area (TPSA) is 62.5 Å². The molecule has 0 bridgehead atoms. The van der Waals surface area contributed by atoms with Crippen molar-refractivity contribution in [3.8, 4) is 0 Å². The fraction of sp³-hybridized carbons (Fsp3) is 0.412. The molecule has 0 N–H and O–H groups in total. The van der Waals surface area contributed by atoms with Gasteiger partial charge in [0.15, 0.2) is 5.65 Å². The molecular weight excluding hydrogens is 302 g/mol. The van der Waals surface area contributed by atoms with Crippen molar-refractivity contribution in [2.75, 3.05) is 36.0 Å². The first-order valence-corrected chi connectivity index (χ1v) is 8.51. The molecule has 2 aliphatic rings. The smallest absolute Gasteiger partial charge is 0.162 e. The molecule has 7 heteroatoms. The number of anilines is 2. The van der Waals surface area contributed by atoms with Crippen LogP contribution < -0.4 is 9.80 Å². The molecule has 3 aromatic heterocycles. The van der Waals surface area contributed by atoms with E-state index in [1.54, 1.807) is 12.7 Å². The van der Waals surface area contributed by atoms with E-state index in [4.69, 9.17) is 0 Å². The standard InChI is InChI=1S/C17H19N7/c1-3-13-14(4-1)18-11-19-17(13)23-9-7-22(8-10-23)16-6-2-5-15-21-20-12-24(15)16/h2,5-6,11-12H,1,3-4,7-10H2. The number of piperazine rings is 1. The Morgan fingerprint density at radius 2 is 1.79 bits per heavy atom. The van der Waals surface area contributed by atoms with Gasteiger partial charge in [0.2, 0.25) is 0 Å². The Balaban J connectivity index is 1.38. The normalized spacial score (nSPS) is 17.5. The summed E-state index contributed by atoms with van der Waals surface area (Å²) >= 11 is 0. The van der Waals surface area contributed by atoms with E-state index >= 15 is 0 Å². The molecule has 0 aromatic carbocycles. The van der Waals surface area contributed by atoms with Crippen molar-refractivity contribution < 1.29 is 0 Å². The number of hydrogen-bond acceptors (Lipinski definition) is 6. The van der Waals surface area contributed by atoms with E-state index in [0.717, 1.165) is 56.3 Å². The lowest BCUT2D eigenvalue weighted by atomic mass is 10.2. The quantitative estimate of drug-likeness (QED) is 0.710. The second-order valence-electron chi connectivity index (χ2n) is 6.39. The SMILES string of the molecule is c1cc(N2CCN(c3ncnc4c3CCC4)CC2)n2cnnc2c1. The molecule has 0 radical (unpaired) electrons. The summed E-state index contributed by atoms with van der Waals surface area (Å²) in [6.45, 7) is 3.88. The van der Waals surface area contributed by atoms with Crippen LogP contribution in [0.3, 0.4) is 0 Å². The largest absolute Gasteiger partial charge is 0.354 e. The summed E-state index contributed by atoms with van der Waals surface area (Å²) in [5.41, 5.74) is 3.51. The summed E-state index contributed by atoms with van der Waals surface area (Å²) in [6, 6.07) is 6.16. The highest BCUT2D eigenvalue weighted by Gasteiger charge is 2.25. The Bertz CT molecular complexity index is 880. The maximum atomic E-state index is 4.58. The Hall–Kier alpha value is -2.70. The zero-order valence-corrected chi connectivity index (χ0v) is 13.5. The average molecular weight is 321 g/mol. The van der Waals surface area contributed by atoms with E-state index in [-0.39, 0.29) is 0 Å². The zero-order chi connectivity index (χ0) is 15.9. The van der Waals surface area contributed by atoms with Crippen molar-refractivity contribution in [1.82, 2.24) is 24.6 Å². The Morgan fingerprint density at radius 3 is 2.71 bits per heavy atom. The van der Waals surface area contributed by atoms with Gasteiger partial charge in [0, 0.05) is 37.4 Å². The molecule has 3 aromatic rings. The zero-order valence-electron chi connectivity index (χ0n) is 13.5. The maximum Gasteiger partial charge on any atom is 0.162 e. The number of aromatic nitrogens is 5. The third kappa shape index (κ3) is 2.11. The molecule has 4 heterocycles. The molecule has 122 valence electrons. The molecule has 0 amide bonds. The van der Waals surface area contributed by atoms with Crippen LogP contribution in [0.1, 0.15) is 17.7 Å². The van der Waals surface area contributed by atoms with Gasteiger partial charge in [-0.05, 0) is 31.4 Å². The van der Waals surface area contributed by atoms with Crippen LogP contribution in [0.5, 0.6) is 0 Å². The lowest BCUT2D eigenvalue weighted by molar-refractivity contribution is 0.636. The van der Waals surface area contributed by atoms with Crippen molar-refractivity contribution >= 4 is 17.3 Å². The van der Waals surface area contributed by atoms with E-state index in [1.165, 1.54) is 17.7 Å². The number of pyridine rings is 1. The number of nitrogens with zero attached hydrogens (tertiary/aromatic N) is 7. The van der Waals surface area contributed by atoms with Crippen LogP contribution in [-0.2, 0) is 12.8 Å². The minimum absolute atomic E-state index is 0.892. The lowest BCUT2D eigenvalue weighted by Crippen LogP contribution is -2.47. The molecule has 5 rings (SSSR count). The Labute approximate surface area is 140 Å². The summed E-state index contributed by atoms with van der Waals surface area (Å²) in [6.07, 6.45) is 6.93. The van der Waals surface area contributed by atoms with Gasteiger partial charge in [0.05, 0.1) is 0 Å². The minimum Gasteiger partial charge on any atom is -0.354 e. The monoisotopic (exact) mass is 321 g/mol. The summed E-state index contributed by atoms with van der Waals surface area (Å²) in [4.78, 5) is 13.8. The number of fused-ring (bicyclic) bond motifs is 2. The van der Waals surface area contributed by atoms with Crippen molar-refractivity contribution in [2.45, 2.75) is 19.3 Å². The third-order valence-corrected chi connectivity index (χ3v) is 5.07. The van der Waals surface area contributed by atoms with Crippen LogP contribution in [-0.4, -0.2) is 50.7 Å².